The Hall–Kier alpha value is -4.12. The van der Waals surface area contributed by atoms with Gasteiger partial charge in [0.15, 0.2) is 11.5 Å². The Morgan fingerprint density at radius 3 is 2.13 bits per heavy atom. The smallest absolute Gasteiger partial charge is 0.261 e. The SMILES string of the molecule is COc1cc(C(C(=O)NC(C)(C)C)N(C(=O)CNC(=O)c2cccs2)c2ccccc2F)cc(OC)c1OC. The van der Waals surface area contributed by atoms with Crippen molar-refractivity contribution in [2.24, 2.45) is 0 Å². The molecular formula is C28H32FN3O6S. The lowest BCUT2D eigenvalue weighted by atomic mass is 9.99. The van der Waals surface area contributed by atoms with Gasteiger partial charge in [0.25, 0.3) is 5.91 Å². The van der Waals surface area contributed by atoms with Crippen LogP contribution in [0.15, 0.2) is 53.9 Å². The fraction of sp³-hybridized carbons (Fsp3) is 0.321. The molecule has 0 aliphatic heterocycles. The second-order valence-electron chi connectivity index (χ2n) is 9.48. The van der Waals surface area contributed by atoms with Crippen molar-refractivity contribution >= 4 is 34.7 Å². The molecule has 0 bridgehead atoms. The van der Waals surface area contributed by atoms with Crippen molar-refractivity contribution in [1.82, 2.24) is 10.6 Å². The lowest BCUT2D eigenvalue weighted by Gasteiger charge is -2.34. The molecule has 1 unspecified atom stereocenters. The van der Waals surface area contributed by atoms with Crippen molar-refractivity contribution in [2.45, 2.75) is 32.4 Å². The lowest BCUT2D eigenvalue weighted by Crippen LogP contribution is -2.51. The van der Waals surface area contributed by atoms with E-state index in [4.69, 9.17) is 14.2 Å². The number of methoxy groups -OCH3 is 3. The molecule has 39 heavy (non-hydrogen) atoms. The highest BCUT2D eigenvalue weighted by atomic mass is 32.1. The highest BCUT2D eigenvalue weighted by molar-refractivity contribution is 7.12. The van der Waals surface area contributed by atoms with Crippen molar-refractivity contribution in [2.75, 3.05) is 32.8 Å². The minimum absolute atomic E-state index is 0.143. The number of carbonyl (C=O) groups is 3. The molecule has 11 heteroatoms. The highest BCUT2D eigenvalue weighted by Crippen LogP contribution is 2.42. The molecule has 208 valence electrons. The number of thiophene rings is 1. The van der Waals surface area contributed by atoms with Gasteiger partial charge < -0.3 is 24.8 Å². The van der Waals surface area contributed by atoms with Gasteiger partial charge in [-0.3, -0.25) is 19.3 Å². The molecule has 1 atom stereocenters. The molecule has 9 nitrogen and oxygen atoms in total. The van der Waals surface area contributed by atoms with Crippen molar-refractivity contribution < 1.29 is 33.0 Å². The standard InChI is InChI=1S/C28H32FN3O6S/c1-28(2,3)31-27(35)24(17-14-20(36-4)25(38-6)21(15-17)37-5)32(19-11-8-7-10-18(19)29)23(33)16-30-26(34)22-12-9-13-39-22/h7-15,24H,16H2,1-6H3,(H,30,34)(H,31,35). The molecule has 2 aromatic carbocycles. The lowest BCUT2D eigenvalue weighted by molar-refractivity contribution is -0.127. The Kier molecular flexibility index (Phi) is 9.52. The molecule has 0 spiro atoms. The van der Waals surface area contributed by atoms with Gasteiger partial charge in [0.05, 0.1) is 38.4 Å². The number of rotatable bonds is 10. The van der Waals surface area contributed by atoms with E-state index in [9.17, 15) is 14.4 Å². The fourth-order valence-corrected chi connectivity index (χ4v) is 4.56. The first-order chi connectivity index (χ1) is 18.5. The van der Waals surface area contributed by atoms with Crippen LogP contribution in [0.25, 0.3) is 0 Å². The minimum atomic E-state index is -1.37. The summed E-state index contributed by atoms with van der Waals surface area (Å²) in [5.74, 6) is -1.72. The van der Waals surface area contributed by atoms with Crippen LogP contribution in [0.5, 0.6) is 17.2 Å². The first kappa shape index (κ1) is 29.4. The van der Waals surface area contributed by atoms with Crippen LogP contribution in [0.1, 0.15) is 42.0 Å². The van der Waals surface area contributed by atoms with E-state index in [0.717, 1.165) is 4.90 Å². The van der Waals surface area contributed by atoms with Gasteiger partial charge in [0, 0.05) is 5.54 Å². The van der Waals surface area contributed by atoms with Crippen molar-refractivity contribution in [3.63, 3.8) is 0 Å². The van der Waals surface area contributed by atoms with E-state index in [0.29, 0.717) is 4.88 Å². The third-order valence-corrected chi connectivity index (χ3v) is 6.40. The molecule has 0 saturated heterocycles. The summed E-state index contributed by atoms with van der Waals surface area (Å²) in [6.45, 7) is 4.86. The predicted molar refractivity (Wildman–Crippen MR) is 147 cm³/mol. The number of hydrogen-bond acceptors (Lipinski definition) is 7. The van der Waals surface area contributed by atoms with Gasteiger partial charge in [-0.2, -0.15) is 0 Å². The van der Waals surface area contributed by atoms with Crippen molar-refractivity contribution in [3.8, 4) is 17.2 Å². The quantitative estimate of drug-likeness (QED) is 0.384. The monoisotopic (exact) mass is 557 g/mol. The van der Waals surface area contributed by atoms with E-state index in [2.05, 4.69) is 10.6 Å². The number of benzene rings is 2. The largest absolute Gasteiger partial charge is 0.493 e. The maximum atomic E-state index is 15.2. The van der Waals surface area contributed by atoms with E-state index < -0.39 is 41.7 Å². The average Bonchev–Trinajstić information content (AvgIpc) is 3.44. The third-order valence-electron chi connectivity index (χ3n) is 5.53. The van der Waals surface area contributed by atoms with Crippen LogP contribution in [0.2, 0.25) is 0 Å². The number of nitrogens with one attached hydrogen (secondary N) is 2. The van der Waals surface area contributed by atoms with Crippen LogP contribution < -0.4 is 29.7 Å². The van der Waals surface area contributed by atoms with Crippen molar-refractivity contribution in [3.05, 3.63) is 70.2 Å². The Morgan fingerprint density at radius 2 is 1.62 bits per heavy atom. The van der Waals surface area contributed by atoms with E-state index in [-0.39, 0.29) is 28.5 Å². The van der Waals surface area contributed by atoms with Gasteiger partial charge in [-0.25, -0.2) is 4.39 Å². The van der Waals surface area contributed by atoms with Crippen LogP contribution in [0.3, 0.4) is 0 Å². The Labute approximate surface area is 230 Å². The second kappa shape index (κ2) is 12.6. The molecule has 1 heterocycles. The molecular weight excluding hydrogens is 525 g/mol. The Balaban J connectivity index is 2.18. The first-order valence-electron chi connectivity index (χ1n) is 12.0. The highest BCUT2D eigenvalue weighted by Gasteiger charge is 2.37. The molecule has 3 aromatic rings. The van der Waals surface area contributed by atoms with E-state index in [1.807, 2.05) is 0 Å². The number of amides is 3. The maximum Gasteiger partial charge on any atom is 0.261 e. The summed E-state index contributed by atoms with van der Waals surface area (Å²) in [5, 5.41) is 7.18. The average molecular weight is 558 g/mol. The number of nitrogens with zero attached hydrogens (tertiary/aromatic N) is 1. The molecule has 1 aromatic heterocycles. The number of ether oxygens (including phenoxy) is 3. The van der Waals surface area contributed by atoms with E-state index in [1.54, 1.807) is 44.4 Å². The normalized spacial score (nSPS) is 11.8. The summed E-state index contributed by atoms with van der Waals surface area (Å²) in [6.07, 6.45) is 0. The van der Waals surface area contributed by atoms with Crippen LogP contribution in [0, 0.1) is 5.82 Å². The zero-order chi connectivity index (χ0) is 28.7. The number of halogens is 1. The number of hydrogen-bond donors (Lipinski definition) is 2. The Morgan fingerprint density at radius 1 is 0.974 bits per heavy atom. The molecule has 0 saturated carbocycles. The summed E-state index contributed by atoms with van der Waals surface area (Å²) in [7, 11) is 4.28. The van der Waals surface area contributed by atoms with Crippen LogP contribution in [-0.2, 0) is 9.59 Å². The Bertz CT molecular complexity index is 1300. The van der Waals surface area contributed by atoms with Gasteiger partial charge in [0.1, 0.15) is 11.9 Å². The number of carbonyl (C=O) groups excluding carboxylic acids is 3. The van der Waals surface area contributed by atoms with Gasteiger partial charge in [-0.15, -0.1) is 11.3 Å². The summed E-state index contributed by atoms with van der Waals surface area (Å²) in [5.41, 5.74) is -0.559. The molecule has 0 aliphatic carbocycles. The molecule has 3 amide bonds. The predicted octanol–water partition coefficient (Wildman–Crippen LogP) is 4.33. The van der Waals surface area contributed by atoms with Crippen LogP contribution in [-0.4, -0.2) is 51.1 Å². The molecule has 3 rings (SSSR count). The summed E-state index contributed by atoms with van der Waals surface area (Å²) in [4.78, 5) is 41.6. The van der Waals surface area contributed by atoms with Gasteiger partial charge in [-0.05, 0) is 62.0 Å². The first-order valence-corrected chi connectivity index (χ1v) is 12.9. The third kappa shape index (κ3) is 7.05. The van der Waals surface area contributed by atoms with Gasteiger partial charge in [0.2, 0.25) is 17.6 Å². The molecule has 2 N–H and O–H groups in total. The fourth-order valence-electron chi connectivity index (χ4n) is 3.92. The van der Waals surface area contributed by atoms with E-state index >= 15 is 4.39 Å². The molecule has 0 aliphatic rings. The minimum Gasteiger partial charge on any atom is -0.493 e. The second-order valence-corrected chi connectivity index (χ2v) is 10.4. The van der Waals surface area contributed by atoms with E-state index in [1.165, 1.54) is 63.0 Å². The van der Waals surface area contributed by atoms with Crippen molar-refractivity contribution in [1.29, 1.82) is 0 Å². The summed E-state index contributed by atoms with van der Waals surface area (Å²) >= 11 is 1.22. The van der Waals surface area contributed by atoms with Gasteiger partial charge >= 0.3 is 0 Å². The topological polar surface area (TPSA) is 106 Å². The maximum absolute atomic E-state index is 15.2. The molecule has 0 radical (unpaired) electrons. The van der Waals surface area contributed by atoms with Crippen LogP contribution in [0.4, 0.5) is 10.1 Å². The number of para-hydroxylation sites is 1. The van der Waals surface area contributed by atoms with Gasteiger partial charge in [-0.1, -0.05) is 18.2 Å². The number of anilines is 1. The zero-order valence-corrected chi connectivity index (χ0v) is 23.5. The molecule has 0 fully saturated rings. The summed E-state index contributed by atoms with van der Waals surface area (Å²) in [6, 6.07) is 10.6. The zero-order valence-electron chi connectivity index (χ0n) is 22.7. The summed E-state index contributed by atoms with van der Waals surface area (Å²) < 4.78 is 31.6. The van der Waals surface area contributed by atoms with Crippen LogP contribution >= 0.6 is 11.3 Å².